The number of non-ortho nitro benzene ring substituents is 1. The Kier molecular flexibility index (Phi) is 8.48. The first-order chi connectivity index (χ1) is 18.8. The van der Waals surface area contributed by atoms with Crippen LogP contribution in [0.4, 0.5) is 5.69 Å². The third-order valence-electron chi connectivity index (χ3n) is 6.06. The number of sulfonamides is 1. The minimum Gasteiger partial charge on any atom is -0.269 e. The SMILES string of the molecule is CCC(=C(c1ccccc1)c1ccc(C=CC(=O)NS(=O)(=O)c2ccc([N+](=O)[O-])cc2)cc1)c1ccccc1. The van der Waals surface area contributed by atoms with Gasteiger partial charge in [-0.3, -0.25) is 14.9 Å². The average Bonchev–Trinajstić information content (AvgIpc) is 2.96. The van der Waals surface area contributed by atoms with Gasteiger partial charge in [0.1, 0.15) is 0 Å². The number of nitrogens with zero attached hydrogens (tertiary/aromatic N) is 1. The Morgan fingerprint density at radius 1 is 0.795 bits per heavy atom. The molecule has 0 saturated heterocycles. The molecule has 0 bridgehead atoms. The molecule has 0 aliphatic carbocycles. The summed E-state index contributed by atoms with van der Waals surface area (Å²) in [5.41, 5.74) is 6.05. The molecule has 0 fully saturated rings. The maximum absolute atomic E-state index is 12.5. The molecule has 0 aliphatic rings. The molecule has 7 nitrogen and oxygen atoms in total. The summed E-state index contributed by atoms with van der Waals surface area (Å²) in [6.45, 7) is 2.13. The fraction of sp³-hybridized carbons (Fsp3) is 0.0645. The molecular weight excluding hydrogens is 512 g/mol. The minimum atomic E-state index is -4.17. The van der Waals surface area contributed by atoms with Gasteiger partial charge < -0.3 is 0 Å². The van der Waals surface area contributed by atoms with Gasteiger partial charge in [0.2, 0.25) is 0 Å². The number of hydrogen-bond acceptors (Lipinski definition) is 5. The van der Waals surface area contributed by atoms with Crippen molar-refractivity contribution in [3.8, 4) is 0 Å². The number of nitro benzene ring substituents is 1. The van der Waals surface area contributed by atoms with Crippen LogP contribution < -0.4 is 4.72 Å². The second-order valence-corrected chi connectivity index (χ2v) is 10.3. The predicted octanol–water partition coefficient (Wildman–Crippen LogP) is 6.48. The topological polar surface area (TPSA) is 106 Å². The van der Waals surface area contributed by atoms with Gasteiger partial charge in [0.05, 0.1) is 9.82 Å². The maximum atomic E-state index is 12.5. The molecule has 0 unspecified atom stereocenters. The van der Waals surface area contributed by atoms with Gasteiger partial charge in [0.15, 0.2) is 0 Å². The van der Waals surface area contributed by atoms with Crippen LogP contribution in [0.15, 0.2) is 120 Å². The highest BCUT2D eigenvalue weighted by Crippen LogP contribution is 2.34. The first-order valence-electron chi connectivity index (χ1n) is 12.2. The Bertz CT molecular complexity index is 1630. The Morgan fingerprint density at radius 3 is 1.87 bits per heavy atom. The molecule has 0 radical (unpaired) electrons. The summed E-state index contributed by atoms with van der Waals surface area (Å²) in [6, 6.07) is 32.4. The first kappa shape index (κ1) is 27.2. The third-order valence-corrected chi connectivity index (χ3v) is 7.42. The zero-order valence-corrected chi connectivity index (χ0v) is 22.0. The number of nitrogens with one attached hydrogen (secondary N) is 1. The van der Waals surface area contributed by atoms with E-state index in [9.17, 15) is 23.3 Å². The molecule has 1 N–H and O–H groups in total. The van der Waals surface area contributed by atoms with Crippen molar-refractivity contribution in [3.63, 3.8) is 0 Å². The van der Waals surface area contributed by atoms with Gasteiger partial charge in [-0.05, 0) is 58.0 Å². The summed E-state index contributed by atoms with van der Waals surface area (Å²) in [5, 5.41) is 10.8. The number of carbonyl (C=O) groups is 1. The van der Waals surface area contributed by atoms with Crippen molar-refractivity contribution < 1.29 is 18.1 Å². The second kappa shape index (κ2) is 12.1. The molecule has 0 aliphatic heterocycles. The molecular formula is C31H26N2O5S. The molecule has 0 spiro atoms. The lowest BCUT2D eigenvalue weighted by molar-refractivity contribution is -0.384. The number of amides is 1. The average molecular weight is 539 g/mol. The van der Waals surface area contributed by atoms with E-state index in [1.807, 2.05) is 65.4 Å². The monoisotopic (exact) mass is 538 g/mol. The number of rotatable bonds is 9. The fourth-order valence-electron chi connectivity index (χ4n) is 4.19. The highest BCUT2D eigenvalue weighted by Gasteiger charge is 2.18. The molecule has 4 aromatic rings. The van der Waals surface area contributed by atoms with Crippen LogP contribution in [0.3, 0.4) is 0 Å². The normalized spacial score (nSPS) is 12.1. The van der Waals surface area contributed by atoms with Crippen LogP contribution in [0.25, 0.3) is 17.2 Å². The smallest absolute Gasteiger partial charge is 0.269 e. The Hall–Kier alpha value is -4.82. The van der Waals surface area contributed by atoms with Crippen molar-refractivity contribution in [3.05, 3.63) is 148 Å². The minimum absolute atomic E-state index is 0.246. The van der Waals surface area contributed by atoms with E-state index in [1.54, 1.807) is 0 Å². The highest BCUT2D eigenvalue weighted by atomic mass is 32.2. The van der Waals surface area contributed by atoms with Gasteiger partial charge in [0.25, 0.3) is 21.6 Å². The van der Waals surface area contributed by atoms with Crippen molar-refractivity contribution in [1.29, 1.82) is 0 Å². The largest absolute Gasteiger partial charge is 0.269 e. The first-order valence-corrected chi connectivity index (χ1v) is 13.7. The molecule has 0 atom stereocenters. The Balaban J connectivity index is 1.56. The zero-order chi connectivity index (χ0) is 27.8. The quantitative estimate of drug-likeness (QED) is 0.114. The third kappa shape index (κ3) is 6.74. The van der Waals surface area contributed by atoms with E-state index in [-0.39, 0.29) is 10.6 Å². The summed E-state index contributed by atoms with van der Waals surface area (Å²) in [7, 11) is -4.17. The maximum Gasteiger partial charge on any atom is 0.269 e. The van der Waals surface area contributed by atoms with Crippen molar-refractivity contribution in [1.82, 2.24) is 4.72 Å². The number of benzene rings is 4. The molecule has 0 aromatic heterocycles. The fourth-order valence-corrected chi connectivity index (χ4v) is 5.13. The molecule has 0 saturated carbocycles. The van der Waals surface area contributed by atoms with E-state index in [1.165, 1.54) is 11.6 Å². The van der Waals surface area contributed by atoms with Crippen LogP contribution in [0.5, 0.6) is 0 Å². The van der Waals surface area contributed by atoms with Crippen molar-refractivity contribution >= 4 is 38.8 Å². The lowest BCUT2D eigenvalue weighted by Gasteiger charge is -2.16. The van der Waals surface area contributed by atoms with Crippen LogP contribution in [0.1, 0.15) is 35.6 Å². The summed E-state index contributed by atoms with van der Waals surface area (Å²) < 4.78 is 26.9. The van der Waals surface area contributed by atoms with E-state index < -0.39 is 20.9 Å². The van der Waals surface area contributed by atoms with Crippen molar-refractivity contribution in [2.75, 3.05) is 0 Å². The van der Waals surface area contributed by atoms with Gasteiger partial charge in [-0.1, -0.05) is 91.9 Å². The number of carbonyl (C=O) groups excluding carboxylic acids is 1. The Morgan fingerprint density at radius 2 is 1.33 bits per heavy atom. The second-order valence-electron chi connectivity index (χ2n) is 8.62. The number of hydrogen-bond donors (Lipinski definition) is 1. The van der Waals surface area contributed by atoms with Crippen LogP contribution in [-0.2, 0) is 14.8 Å². The van der Waals surface area contributed by atoms with Gasteiger partial charge in [-0.15, -0.1) is 0 Å². The van der Waals surface area contributed by atoms with Crippen LogP contribution in [0, 0.1) is 10.1 Å². The lowest BCUT2D eigenvalue weighted by Crippen LogP contribution is -2.28. The number of nitro groups is 1. The van der Waals surface area contributed by atoms with Crippen LogP contribution >= 0.6 is 0 Å². The van der Waals surface area contributed by atoms with Gasteiger partial charge in [0, 0.05) is 18.2 Å². The van der Waals surface area contributed by atoms with Crippen LogP contribution in [0.2, 0.25) is 0 Å². The van der Waals surface area contributed by atoms with E-state index in [0.717, 1.165) is 59.0 Å². The van der Waals surface area contributed by atoms with E-state index in [4.69, 9.17) is 0 Å². The van der Waals surface area contributed by atoms with Gasteiger partial charge >= 0.3 is 0 Å². The summed E-state index contributed by atoms with van der Waals surface area (Å²) in [6.07, 6.45) is 3.49. The van der Waals surface area contributed by atoms with E-state index >= 15 is 0 Å². The molecule has 4 rings (SSSR count). The molecule has 39 heavy (non-hydrogen) atoms. The Labute approximate surface area is 227 Å². The van der Waals surface area contributed by atoms with Gasteiger partial charge in [-0.2, -0.15) is 0 Å². The molecule has 1 amide bonds. The number of allylic oxidation sites excluding steroid dienone is 1. The van der Waals surface area contributed by atoms with Gasteiger partial charge in [-0.25, -0.2) is 13.1 Å². The standard InChI is InChI=1S/C31H26N2O5S/c1-2-29(24-9-5-3-6-10-24)31(25-11-7-4-8-12-25)26-16-13-23(14-17-26)15-22-30(34)32-39(37,38)28-20-18-27(19-21-28)33(35)36/h3-22H,2H2,1H3,(H,32,34). The lowest BCUT2D eigenvalue weighted by atomic mass is 9.88. The summed E-state index contributed by atoms with van der Waals surface area (Å²) in [5.74, 6) is -0.834. The molecule has 4 aromatic carbocycles. The van der Waals surface area contributed by atoms with Crippen LogP contribution in [-0.4, -0.2) is 19.2 Å². The van der Waals surface area contributed by atoms with Crippen molar-refractivity contribution in [2.45, 2.75) is 18.2 Å². The molecule has 0 heterocycles. The summed E-state index contributed by atoms with van der Waals surface area (Å²) >= 11 is 0. The molecule has 8 heteroatoms. The van der Waals surface area contributed by atoms with E-state index in [0.29, 0.717) is 5.56 Å². The van der Waals surface area contributed by atoms with E-state index in [2.05, 4.69) is 31.2 Å². The zero-order valence-electron chi connectivity index (χ0n) is 21.2. The highest BCUT2D eigenvalue weighted by molar-refractivity contribution is 7.90. The van der Waals surface area contributed by atoms with Crippen molar-refractivity contribution in [2.24, 2.45) is 0 Å². The summed E-state index contributed by atoms with van der Waals surface area (Å²) in [4.78, 5) is 22.2. The molecule has 196 valence electrons. The predicted molar refractivity (Wildman–Crippen MR) is 153 cm³/mol.